The number of fused-ring (bicyclic) bond motifs is 1. The number of benzene rings is 1. The van der Waals surface area contributed by atoms with Gasteiger partial charge in [-0.1, -0.05) is 0 Å². The molecule has 1 atom stereocenters. The van der Waals surface area contributed by atoms with E-state index in [1.165, 1.54) is 12.1 Å². The second-order valence-electron chi connectivity index (χ2n) is 5.12. The lowest BCUT2D eigenvalue weighted by molar-refractivity contribution is -0.130. The Labute approximate surface area is 139 Å². The Kier molecular flexibility index (Phi) is 6.00. The molecule has 0 fully saturated rings. The van der Waals surface area contributed by atoms with Gasteiger partial charge in [0.15, 0.2) is 18.1 Å². The van der Waals surface area contributed by atoms with Crippen molar-refractivity contribution in [2.75, 3.05) is 26.4 Å². The summed E-state index contributed by atoms with van der Waals surface area (Å²) in [6.07, 6.45) is 0. The SMILES string of the molecule is CCNC(=O)[C@@H](C)NC(=O)COC(=O)c1ccc2c(c1)OCCO2. The van der Waals surface area contributed by atoms with Crippen molar-refractivity contribution < 1.29 is 28.6 Å². The fraction of sp³-hybridized carbons (Fsp3) is 0.438. The van der Waals surface area contributed by atoms with Crippen LogP contribution in [0.3, 0.4) is 0 Å². The van der Waals surface area contributed by atoms with Crippen LogP contribution in [-0.4, -0.2) is 50.2 Å². The minimum atomic E-state index is -0.703. The summed E-state index contributed by atoms with van der Waals surface area (Å²) in [5.41, 5.74) is 0.254. The summed E-state index contributed by atoms with van der Waals surface area (Å²) in [4.78, 5) is 35.2. The van der Waals surface area contributed by atoms with E-state index in [1.807, 2.05) is 0 Å². The zero-order valence-electron chi connectivity index (χ0n) is 13.6. The largest absolute Gasteiger partial charge is 0.486 e. The van der Waals surface area contributed by atoms with Gasteiger partial charge in [0.05, 0.1) is 5.56 Å². The first kappa shape index (κ1) is 17.6. The number of likely N-dealkylation sites (N-methyl/N-ethyl adjacent to an activating group) is 1. The number of amides is 2. The Balaban J connectivity index is 1.84. The smallest absolute Gasteiger partial charge is 0.338 e. The summed E-state index contributed by atoms with van der Waals surface area (Å²) in [5, 5.41) is 5.03. The number of ether oxygens (including phenoxy) is 3. The van der Waals surface area contributed by atoms with E-state index in [2.05, 4.69) is 10.6 Å². The molecule has 0 bridgehead atoms. The van der Waals surface area contributed by atoms with Crippen molar-refractivity contribution in [2.24, 2.45) is 0 Å². The molecule has 1 aliphatic rings. The fourth-order valence-electron chi connectivity index (χ4n) is 2.06. The van der Waals surface area contributed by atoms with E-state index < -0.39 is 24.5 Å². The minimum absolute atomic E-state index is 0.254. The van der Waals surface area contributed by atoms with Crippen molar-refractivity contribution in [3.8, 4) is 11.5 Å². The molecule has 1 aromatic carbocycles. The van der Waals surface area contributed by atoms with E-state index in [-0.39, 0.29) is 11.5 Å². The number of carbonyl (C=O) groups excluding carboxylic acids is 3. The van der Waals surface area contributed by atoms with Crippen LogP contribution >= 0.6 is 0 Å². The molecule has 2 amide bonds. The summed E-state index contributed by atoms with van der Waals surface area (Å²) in [5.74, 6) is -0.493. The first-order valence-corrected chi connectivity index (χ1v) is 7.65. The van der Waals surface area contributed by atoms with Gasteiger partial charge in [-0.05, 0) is 32.0 Å². The van der Waals surface area contributed by atoms with Gasteiger partial charge in [0.1, 0.15) is 19.3 Å². The molecular formula is C16H20N2O6. The molecule has 1 aliphatic heterocycles. The number of esters is 1. The topological polar surface area (TPSA) is 103 Å². The van der Waals surface area contributed by atoms with Crippen molar-refractivity contribution >= 4 is 17.8 Å². The van der Waals surface area contributed by atoms with E-state index in [1.54, 1.807) is 19.9 Å². The van der Waals surface area contributed by atoms with Crippen LogP contribution in [0.1, 0.15) is 24.2 Å². The normalized spacial score (nSPS) is 13.6. The van der Waals surface area contributed by atoms with Gasteiger partial charge in [0, 0.05) is 6.54 Å². The zero-order valence-corrected chi connectivity index (χ0v) is 13.6. The molecule has 130 valence electrons. The number of nitrogens with one attached hydrogen (secondary N) is 2. The summed E-state index contributed by atoms with van der Waals surface area (Å²) < 4.78 is 15.7. The molecule has 24 heavy (non-hydrogen) atoms. The van der Waals surface area contributed by atoms with Gasteiger partial charge in [-0.15, -0.1) is 0 Å². The van der Waals surface area contributed by atoms with E-state index in [0.717, 1.165) is 0 Å². The minimum Gasteiger partial charge on any atom is -0.486 e. The van der Waals surface area contributed by atoms with Crippen molar-refractivity contribution in [2.45, 2.75) is 19.9 Å². The van der Waals surface area contributed by atoms with E-state index in [9.17, 15) is 14.4 Å². The molecule has 0 saturated carbocycles. The lowest BCUT2D eigenvalue weighted by Crippen LogP contribution is -2.46. The second kappa shape index (κ2) is 8.19. The van der Waals surface area contributed by atoms with Crippen LogP contribution in [0.15, 0.2) is 18.2 Å². The van der Waals surface area contributed by atoms with Gasteiger partial charge < -0.3 is 24.8 Å². The van der Waals surface area contributed by atoms with Crippen molar-refractivity contribution in [1.82, 2.24) is 10.6 Å². The lowest BCUT2D eigenvalue weighted by atomic mass is 10.2. The molecular weight excluding hydrogens is 316 g/mol. The van der Waals surface area contributed by atoms with Crippen LogP contribution in [0.5, 0.6) is 11.5 Å². The van der Waals surface area contributed by atoms with Crippen molar-refractivity contribution in [3.63, 3.8) is 0 Å². The summed E-state index contributed by atoms with van der Waals surface area (Å²) in [6, 6.07) is 3.95. The summed E-state index contributed by atoms with van der Waals surface area (Å²) >= 11 is 0. The third kappa shape index (κ3) is 4.61. The highest BCUT2D eigenvalue weighted by Gasteiger charge is 2.18. The molecule has 0 unspecified atom stereocenters. The van der Waals surface area contributed by atoms with Gasteiger partial charge in [-0.2, -0.15) is 0 Å². The van der Waals surface area contributed by atoms with Gasteiger partial charge in [-0.3, -0.25) is 9.59 Å². The van der Waals surface area contributed by atoms with Gasteiger partial charge in [-0.25, -0.2) is 4.79 Å². The number of carbonyl (C=O) groups is 3. The maximum Gasteiger partial charge on any atom is 0.338 e. The molecule has 8 nitrogen and oxygen atoms in total. The number of rotatable bonds is 6. The highest BCUT2D eigenvalue weighted by Crippen LogP contribution is 2.30. The third-order valence-corrected chi connectivity index (χ3v) is 3.23. The first-order chi connectivity index (χ1) is 11.5. The monoisotopic (exact) mass is 336 g/mol. The van der Waals surface area contributed by atoms with Gasteiger partial charge in [0.25, 0.3) is 5.91 Å². The third-order valence-electron chi connectivity index (χ3n) is 3.23. The lowest BCUT2D eigenvalue weighted by Gasteiger charge is -2.18. The predicted octanol–water partition coefficient (Wildman–Crippen LogP) is 0.255. The van der Waals surface area contributed by atoms with E-state index in [0.29, 0.717) is 31.3 Å². The Morgan fingerprint density at radius 1 is 1.21 bits per heavy atom. The average Bonchev–Trinajstić information content (AvgIpc) is 2.59. The molecule has 2 rings (SSSR count). The average molecular weight is 336 g/mol. The summed E-state index contributed by atoms with van der Waals surface area (Å²) in [7, 11) is 0. The Hall–Kier alpha value is -2.77. The summed E-state index contributed by atoms with van der Waals surface area (Å²) in [6.45, 7) is 4.19. The number of hydrogen-bond acceptors (Lipinski definition) is 6. The molecule has 0 aromatic heterocycles. The van der Waals surface area contributed by atoms with E-state index in [4.69, 9.17) is 14.2 Å². The van der Waals surface area contributed by atoms with Crippen LogP contribution in [0.2, 0.25) is 0 Å². The number of hydrogen-bond donors (Lipinski definition) is 2. The molecule has 2 N–H and O–H groups in total. The molecule has 1 heterocycles. The quantitative estimate of drug-likeness (QED) is 0.722. The zero-order chi connectivity index (χ0) is 17.5. The van der Waals surface area contributed by atoms with Gasteiger partial charge in [0.2, 0.25) is 5.91 Å². The Bertz CT molecular complexity index is 631. The van der Waals surface area contributed by atoms with Crippen LogP contribution < -0.4 is 20.1 Å². The predicted molar refractivity (Wildman–Crippen MR) is 84.0 cm³/mol. The second-order valence-corrected chi connectivity index (χ2v) is 5.12. The maximum absolute atomic E-state index is 12.0. The molecule has 0 spiro atoms. The maximum atomic E-state index is 12.0. The molecule has 0 saturated heterocycles. The van der Waals surface area contributed by atoms with Crippen molar-refractivity contribution in [3.05, 3.63) is 23.8 Å². The molecule has 0 radical (unpaired) electrons. The van der Waals surface area contributed by atoms with Crippen LogP contribution in [0.25, 0.3) is 0 Å². The van der Waals surface area contributed by atoms with E-state index >= 15 is 0 Å². The first-order valence-electron chi connectivity index (χ1n) is 7.65. The Morgan fingerprint density at radius 2 is 1.92 bits per heavy atom. The van der Waals surface area contributed by atoms with Gasteiger partial charge >= 0.3 is 5.97 Å². The van der Waals surface area contributed by atoms with Crippen LogP contribution in [0, 0.1) is 0 Å². The Morgan fingerprint density at radius 3 is 2.62 bits per heavy atom. The highest BCUT2D eigenvalue weighted by molar-refractivity contribution is 5.93. The van der Waals surface area contributed by atoms with Crippen LogP contribution in [-0.2, 0) is 14.3 Å². The van der Waals surface area contributed by atoms with Crippen molar-refractivity contribution in [1.29, 1.82) is 0 Å². The molecule has 8 heteroatoms. The van der Waals surface area contributed by atoms with Crippen LogP contribution in [0.4, 0.5) is 0 Å². The fourth-order valence-corrected chi connectivity index (χ4v) is 2.06. The highest BCUT2D eigenvalue weighted by atomic mass is 16.6. The molecule has 1 aromatic rings. The molecule has 0 aliphatic carbocycles. The standard InChI is InChI=1S/C16H20N2O6/c1-3-17-15(20)10(2)18-14(19)9-24-16(21)11-4-5-12-13(8-11)23-7-6-22-12/h4-5,8,10H,3,6-7,9H2,1-2H3,(H,17,20)(H,18,19)/t10-/m1/s1.